The van der Waals surface area contributed by atoms with Crippen molar-refractivity contribution in [3.05, 3.63) is 11.7 Å². The lowest BCUT2D eigenvalue weighted by Gasteiger charge is -2.16. The summed E-state index contributed by atoms with van der Waals surface area (Å²) in [5, 5.41) is 7.37. The second kappa shape index (κ2) is 6.82. The Kier molecular flexibility index (Phi) is 5.10. The molecule has 1 unspecified atom stereocenters. The third-order valence-electron chi connectivity index (χ3n) is 3.22. The lowest BCUT2D eigenvalue weighted by Crippen LogP contribution is -2.27. The lowest BCUT2D eigenvalue weighted by molar-refractivity contribution is 0.0903. The van der Waals surface area contributed by atoms with Gasteiger partial charge in [-0.25, -0.2) is 0 Å². The predicted molar refractivity (Wildman–Crippen MR) is 67.1 cm³/mol. The Balaban J connectivity index is 1.92. The molecule has 1 aliphatic heterocycles. The van der Waals surface area contributed by atoms with E-state index in [0.29, 0.717) is 11.7 Å². The fourth-order valence-electron chi connectivity index (χ4n) is 2.17. The Morgan fingerprint density at radius 2 is 2.33 bits per heavy atom. The zero-order chi connectivity index (χ0) is 12.8. The summed E-state index contributed by atoms with van der Waals surface area (Å²) in [5.74, 6) is 1.34. The summed E-state index contributed by atoms with van der Waals surface area (Å²) < 4.78 is 10.6. The topological polar surface area (TPSA) is 63.4 Å². The second-order valence-corrected chi connectivity index (χ2v) is 4.56. The molecule has 6 nitrogen and oxygen atoms in total. The van der Waals surface area contributed by atoms with Crippen LogP contribution in [0.25, 0.3) is 0 Å². The number of aromatic nitrogens is 2. The van der Waals surface area contributed by atoms with Crippen molar-refractivity contribution in [3.8, 4) is 0 Å². The van der Waals surface area contributed by atoms with Crippen molar-refractivity contribution in [3.63, 3.8) is 0 Å². The van der Waals surface area contributed by atoms with Gasteiger partial charge in [-0.3, -0.25) is 4.90 Å². The van der Waals surface area contributed by atoms with E-state index in [9.17, 15) is 0 Å². The van der Waals surface area contributed by atoms with Crippen molar-refractivity contribution in [2.24, 2.45) is 0 Å². The van der Waals surface area contributed by atoms with Gasteiger partial charge in [0.15, 0.2) is 0 Å². The Morgan fingerprint density at radius 3 is 3.11 bits per heavy atom. The van der Waals surface area contributed by atoms with Crippen LogP contribution in [-0.2, 0) is 11.3 Å². The second-order valence-electron chi connectivity index (χ2n) is 4.56. The van der Waals surface area contributed by atoms with Crippen LogP contribution in [0, 0.1) is 0 Å². The number of nitrogens with zero attached hydrogens (tertiary/aromatic N) is 3. The van der Waals surface area contributed by atoms with Gasteiger partial charge in [-0.05, 0) is 25.9 Å². The molecule has 1 aliphatic rings. The zero-order valence-corrected chi connectivity index (χ0v) is 11.2. The summed E-state index contributed by atoms with van der Waals surface area (Å²) in [6, 6.07) is 0. The molecule has 0 bridgehead atoms. The highest BCUT2D eigenvalue weighted by molar-refractivity contribution is 4.91. The zero-order valence-electron chi connectivity index (χ0n) is 11.2. The van der Waals surface area contributed by atoms with E-state index in [4.69, 9.17) is 9.26 Å². The maximum atomic E-state index is 5.30. The first-order valence-electron chi connectivity index (χ1n) is 6.61. The SMILES string of the molecule is CCC(OC)c1noc(CN2CCCNCC2)n1. The Labute approximate surface area is 108 Å². The Morgan fingerprint density at radius 1 is 1.44 bits per heavy atom. The first kappa shape index (κ1) is 13.5. The average molecular weight is 254 g/mol. The van der Waals surface area contributed by atoms with Gasteiger partial charge < -0.3 is 14.6 Å². The summed E-state index contributed by atoms with van der Waals surface area (Å²) in [7, 11) is 1.67. The van der Waals surface area contributed by atoms with E-state index in [1.165, 1.54) is 0 Å². The minimum absolute atomic E-state index is 0.0618. The molecule has 0 radical (unpaired) electrons. The highest BCUT2D eigenvalue weighted by Gasteiger charge is 2.18. The Hall–Kier alpha value is -0.980. The smallest absolute Gasteiger partial charge is 0.240 e. The highest BCUT2D eigenvalue weighted by atomic mass is 16.5. The minimum Gasteiger partial charge on any atom is -0.373 e. The van der Waals surface area contributed by atoms with Gasteiger partial charge in [0.1, 0.15) is 6.10 Å². The summed E-state index contributed by atoms with van der Waals surface area (Å²) in [6.45, 7) is 6.99. The van der Waals surface area contributed by atoms with Crippen molar-refractivity contribution in [2.75, 3.05) is 33.3 Å². The fourth-order valence-corrected chi connectivity index (χ4v) is 2.17. The average Bonchev–Trinajstić information content (AvgIpc) is 2.68. The van der Waals surface area contributed by atoms with E-state index in [1.807, 2.05) is 6.92 Å². The molecule has 6 heteroatoms. The van der Waals surface area contributed by atoms with Crippen molar-refractivity contribution in [1.29, 1.82) is 0 Å². The maximum absolute atomic E-state index is 5.30. The van der Waals surface area contributed by atoms with E-state index < -0.39 is 0 Å². The van der Waals surface area contributed by atoms with Crippen LogP contribution in [0.2, 0.25) is 0 Å². The Bertz CT molecular complexity index is 344. The van der Waals surface area contributed by atoms with Gasteiger partial charge in [-0.2, -0.15) is 4.98 Å². The number of hydrogen-bond acceptors (Lipinski definition) is 6. The largest absolute Gasteiger partial charge is 0.373 e. The van der Waals surface area contributed by atoms with Crippen LogP contribution < -0.4 is 5.32 Å². The van der Waals surface area contributed by atoms with Crippen LogP contribution in [0.1, 0.15) is 37.6 Å². The molecular weight excluding hydrogens is 232 g/mol. The molecule has 0 saturated carbocycles. The first-order chi connectivity index (χ1) is 8.83. The molecule has 1 N–H and O–H groups in total. The van der Waals surface area contributed by atoms with Gasteiger partial charge in [0.05, 0.1) is 6.54 Å². The fraction of sp³-hybridized carbons (Fsp3) is 0.833. The summed E-state index contributed by atoms with van der Waals surface area (Å²) in [6.07, 6.45) is 1.95. The molecule has 18 heavy (non-hydrogen) atoms. The van der Waals surface area contributed by atoms with E-state index in [2.05, 4.69) is 20.4 Å². The van der Waals surface area contributed by atoms with Gasteiger partial charge in [0, 0.05) is 20.2 Å². The van der Waals surface area contributed by atoms with E-state index >= 15 is 0 Å². The van der Waals surface area contributed by atoms with Crippen LogP contribution >= 0.6 is 0 Å². The molecule has 2 heterocycles. The number of nitrogens with one attached hydrogen (secondary N) is 1. The number of methoxy groups -OCH3 is 1. The summed E-state index contributed by atoms with van der Waals surface area (Å²) in [5.41, 5.74) is 0. The molecule has 2 rings (SSSR count). The van der Waals surface area contributed by atoms with E-state index in [0.717, 1.165) is 45.6 Å². The maximum Gasteiger partial charge on any atom is 0.240 e. The van der Waals surface area contributed by atoms with Gasteiger partial charge in [-0.1, -0.05) is 12.1 Å². The molecular formula is C12H22N4O2. The molecule has 1 aromatic rings. The molecule has 0 amide bonds. The molecule has 1 aromatic heterocycles. The van der Waals surface area contributed by atoms with Crippen LogP contribution in [0.4, 0.5) is 0 Å². The van der Waals surface area contributed by atoms with Crippen molar-refractivity contribution in [1.82, 2.24) is 20.4 Å². The molecule has 0 aliphatic carbocycles. The quantitative estimate of drug-likeness (QED) is 0.844. The number of ether oxygens (including phenoxy) is 1. The molecule has 0 spiro atoms. The molecule has 1 atom stereocenters. The third-order valence-corrected chi connectivity index (χ3v) is 3.22. The van der Waals surface area contributed by atoms with Crippen LogP contribution in [-0.4, -0.2) is 48.3 Å². The standard InChI is InChI=1S/C12H22N4O2/c1-3-10(17-2)12-14-11(18-15-12)9-16-7-4-5-13-6-8-16/h10,13H,3-9H2,1-2H3. The monoisotopic (exact) mass is 254 g/mol. The van der Waals surface area contributed by atoms with Gasteiger partial charge in [-0.15, -0.1) is 0 Å². The molecule has 1 saturated heterocycles. The van der Waals surface area contributed by atoms with Crippen LogP contribution in [0.15, 0.2) is 4.52 Å². The molecule has 102 valence electrons. The number of hydrogen-bond donors (Lipinski definition) is 1. The molecule has 1 fully saturated rings. The van der Waals surface area contributed by atoms with Crippen molar-refractivity contribution in [2.45, 2.75) is 32.4 Å². The van der Waals surface area contributed by atoms with Crippen molar-refractivity contribution < 1.29 is 9.26 Å². The van der Waals surface area contributed by atoms with E-state index in [1.54, 1.807) is 7.11 Å². The first-order valence-corrected chi connectivity index (χ1v) is 6.61. The van der Waals surface area contributed by atoms with E-state index in [-0.39, 0.29) is 6.10 Å². The van der Waals surface area contributed by atoms with Gasteiger partial charge >= 0.3 is 0 Å². The van der Waals surface area contributed by atoms with Gasteiger partial charge in [0.25, 0.3) is 0 Å². The lowest BCUT2D eigenvalue weighted by atomic mass is 10.2. The summed E-state index contributed by atoms with van der Waals surface area (Å²) >= 11 is 0. The van der Waals surface area contributed by atoms with Crippen LogP contribution in [0.3, 0.4) is 0 Å². The normalized spacial score (nSPS) is 19.7. The predicted octanol–water partition coefficient (Wildman–Crippen LogP) is 0.962. The summed E-state index contributed by atoms with van der Waals surface area (Å²) in [4.78, 5) is 6.75. The van der Waals surface area contributed by atoms with Gasteiger partial charge in [0.2, 0.25) is 11.7 Å². The van der Waals surface area contributed by atoms with Crippen molar-refractivity contribution >= 4 is 0 Å². The highest BCUT2D eigenvalue weighted by Crippen LogP contribution is 2.17. The van der Waals surface area contributed by atoms with Crippen LogP contribution in [0.5, 0.6) is 0 Å². The minimum atomic E-state index is -0.0618. The third kappa shape index (κ3) is 3.51. The molecule has 0 aromatic carbocycles. The number of rotatable bonds is 5.